The molecular formula is C13H18ClNO. The number of fused-ring (bicyclic) bond motifs is 1. The van der Waals surface area contributed by atoms with E-state index < -0.39 is 0 Å². The van der Waals surface area contributed by atoms with E-state index >= 15 is 0 Å². The van der Waals surface area contributed by atoms with Crippen molar-refractivity contribution >= 4 is 18.2 Å². The second-order valence-electron chi connectivity index (χ2n) is 4.69. The van der Waals surface area contributed by atoms with Gasteiger partial charge < -0.3 is 4.90 Å². The van der Waals surface area contributed by atoms with Crippen molar-refractivity contribution in [2.75, 3.05) is 20.6 Å². The lowest BCUT2D eigenvalue weighted by atomic mass is 10.0. The normalized spacial score (nSPS) is 18.5. The van der Waals surface area contributed by atoms with Crippen LogP contribution in [-0.2, 0) is 6.42 Å². The van der Waals surface area contributed by atoms with E-state index in [1.54, 1.807) is 0 Å². The van der Waals surface area contributed by atoms with Gasteiger partial charge in [0.25, 0.3) is 0 Å². The molecule has 0 saturated carbocycles. The van der Waals surface area contributed by atoms with Crippen LogP contribution in [0.1, 0.15) is 21.5 Å². The number of hydrogen-bond acceptors (Lipinski definition) is 2. The zero-order chi connectivity index (χ0) is 11.0. The Labute approximate surface area is 103 Å². The van der Waals surface area contributed by atoms with Gasteiger partial charge in [0, 0.05) is 18.0 Å². The van der Waals surface area contributed by atoms with Crippen LogP contribution in [0.4, 0.5) is 0 Å². The average Bonchev–Trinajstić information content (AvgIpc) is 2.44. The highest BCUT2D eigenvalue weighted by atomic mass is 35.5. The molecule has 3 heteroatoms. The summed E-state index contributed by atoms with van der Waals surface area (Å²) < 4.78 is 0. The fourth-order valence-corrected chi connectivity index (χ4v) is 2.26. The fourth-order valence-electron chi connectivity index (χ4n) is 2.26. The molecule has 16 heavy (non-hydrogen) atoms. The largest absolute Gasteiger partial charge is 0.309 e. The van der Waals surface area contributed by atoms with Crippen molar-refractivity contribution in [2.24, 2.45) is 5.92 Å². The molecule has 0 bridgehead atoms. The molecule has 0 amide bonds. The van der Waals surface area contributed by atoms with Crippen molar-refractivity contribution in [3.05, 3.63) is 34.9 Å². The van der Waals surface area contributed by atoms with Gasteiger partial charge in [0.1, 0.15) is 0 Å². The molecule has 0 radical (unpaired) electrons. The Bertz CT molecular complexity index is 401. The highest BCUT2D eigenvalue weighted by Crippen LogP contribution is 2.27. The molecule has 0 aromatic heterocycles. The smallest absolute Gasteiger partial charge is 0.167 e. The molecule has 2 nitrogen and oxygen atoms in total. The second kappa shape index (κ2) is 4.98. The van der Waals surface area contributed by atoms with Gasteiger partial charge in [0.2, 0.25) is 0 Å². The van der Waals surface area contributed by atoms with Crippen LogP contribution in [0.2, 0.25) is 0 Å². The molecule has 0 N–H and O–H groups in total. The number of halogens is 1. The molecule has 0 fully saturated rings. The van der Waals surface area contributed by atoms with E-state index in [0.29, 0.717) is 5.78 Å². The third-order valence-electron chi connectivity index (χ3n) is 2.95. The lowest BCUT2D eigenvalue weighted by Crippen LogP contribution is -2.25. The second-order valence-corrected chi connectivity index (χ2v) is 4.69. The summed E-state index contributed by atoms with van der Waals surface area (Å²) >= 11 is 0. The first-order chi connectivity index (χ1) is 7.08. The zero-order valence-corrected chi connectivity index (χ0v) is 10.8. The Hall–Kier alpha value is -0.860. The van der Waals surface area contributed by atoms with Crippen molar-refractivity contribution in [1.29, 1.82) is 0 Å². The van der Waals surface area contributed by atoms with Crippen molar-refractivity contribution in [3.63, 3.8) is 0 Å². The van der Waals surface area contributed by atoms with Crippen LogP contribution < -0.4 is 0 Å². The number of carbonyl (C=O) groups excluding carboxylic acids is 1. The Balaban J connectivity index is 0.00000128. The van der Waals surface area contributed by atoms with E-state index in [1.165, 1.54) is 11.1 Å². The number of benzene rings is 1. The Morgan fingerprint density at radius 1 is 1.38 bits per heavy atom. The van der Waals surface area contributed by atoms with Crippen LogP contribution in [0.25, 0.3) is 0 Å². The number of carbonyl (C=O) groups is 1. The summed E-state index contributed by atoms with van der Waals surface area (Å²) in [5.74, 6) is 0.485. The zero-order valence-electron chi connectivity index (χ0n) is 9.99. The molecule has 1 atom stereocenters. The Kier molecular flexibility index (Phi) is 4.11. The van der Waals surface area contributed by atoms with Crippen molar-refractivity contribution < 1.29 is 4.79 Å². The monoisotopic (exact) mass is 239 g/mol. The predicted molar refractivity (Wildman–Crippen MR) is 68.5 cm³/mol. The number of aryl methyl sites for hydroxylation is 1. The summed E-state index contributed by atoms with van der Waals surface area (Å²) in [5, 5.41) is 0. The highest BCUT2D eigenvalue weighted by Gasteiger charge is 2.30. The quantitative estimate of drug-likeness (QED) is 0.790. The van der Waals surface area contributed by atoms with Gasteiger partial charge in [-0.25, -0.2) is 0 Å². The molecule has 0 spiro atoms. The summed E-state index contributed by atoms with van der Waals surface area (Å²) in [7, 11) is 4.03. The van der Waals surface area contributed by atoms with Crippen molar-refractivity contribution in [3.8, 4) is 0 Å². The fraction of sp³-hybridized carbons (Fsp3) is 0.462. The molecule has 88 valence electrons. The maximum absolute atomic E-state index is 12.1. The van der Waals surface area contributed by atoms with Gasteiger partial charge in [-0.15, -0.1) is 12.4 Å². The molecular weight excluding hydrogens is 222 g/mol. The van der Waals surface area contributed by atoms with E-state index in [9.17, 15) is 4.79 Å². The van der Waals surface area contributed by atoms with Gasteiger partial charge >= 0.3 is 0 Å². The molecule has 0 aliphatic heterocycles. The number of ketones is 1. The Morgan fingerprint density at radius 3 is 2.69 bits per heavy atom. The Morgan fingerprint density at radius 2 is 2.06 bits per heavy atom. The third-order valence-corrected chi connectivity index (χ3v) is 2.95. The molecule has 1 aromatic carbocycles. The van der Waals surface area contributed by atoms with Crippen LogP contribution in [-0.4, -0.2) is 31.3 Å². The maximum Gasteiger partial charge on any atom is 0.167 e. The van der Waals surface area contributed by atoms with Crippen LogP contribution in [0, 0.1) is 12.8 Å². The van der Waals surface area contributed by atoms with Crippen molar-refractivity contribution in [1.82, 2.24) is 4.90 Å². The summed E-state index contributed by atoms with van der Waals surface area (Å²) in [6.45, 7) is 2.89. The molecule has 1 aliphatic rings. The van der Waals surface area contributed by atoms with E-state index in [4.69, 9.17) is 0 Å². The predicted octanol–water partition coefficient (Wildman–Crippen LogP) is 2.33. The lowest BCUT2D eigenvalue weighted by molar-refractivity contribution is 0.0916. The maximum atomic E-state index is 12.1. The highest BCUT2D eigenvalue weighted by molar-refractivity contribution is 6.02. The van der Waals surface area contributed by atoms with Gasteiger partial charge in [-0.05, 0) is 39.1 Å². The minimum Gasteiger partial charge on any atom is -0.309 e. The van der Waals surface area contributed by atoms with Gasteiger partial charge in [0.15, 0.2) is 5.78 Å². The number of hydrogen-bond donors (Lipinski definition) is 0. The first-order valence-electron chi connectivity index (χ1n) is 5.36. The number of nitrogens with zero attached hydrogens (tertiary/aromatic N) is 1. The molecule has 0 saturated heterocycles. The molecule has 2 rings (SSSR count). The molecule has 1 aromatic rings. The van der Waals surface area contributed by atoms with E-state index in [-0.39, 0.29) is 18.3 Å². The third kappa shape index (κ3) is 2.45. The summed E-state index contributed by atoms with van der Waals surface area (Å²) in [4.78, 5) is 14.1. The molecule has 1 aliphatic carbocycles. The first kappa shape index (κ1) is 13.2. The summed E-state index contributed by atoms with van der Waals surface area (Å²) in [5.41, 5.74) is 3.34. The lowest BCUT2D eigenvalue weighted by Gasteiger charge is -2.13. The van der Waals surface area contributed by atoms with Gasteiger partial charge in [-0.3, -0.25) is 4.79 Å². The first-order valence-corrected chi connectivity index (χ1v) is 5.36. The standard InChI is InChI=1S/C13H17NO.ClH/c1-9-4-5-10-7-11(8-14(2)3)13(15)12(10)6-9;/h4-6,11H,7-8H2,1-3H3;1H. The van der Waals surface area contributed by atoms with Crippen LogP contribution in [0.15, 0.2) is 18.2 Å². The minimum absolute atomic E-state index is 0. The van der Waals surface area contributed by atoms with E-state index in [1.807, 2.05) is 27.1 Å². The summed E-state index contributed by atoms with van der Waals surface area (Å²) in [6.07, 6.45) is 0.909. The topological polar surface area (TPSA) is 20.3 Å². The van der Waals surface area contributed by atoms with E-state index in [2.05, 4.69) is 17.0 Å². The van der Waals surface area contributed by atoms with Gasteiger partial charge in [-0.1, -0.05) is 17.7 Å². The summed E-state index contributed by atoms with van der Waals surface area (Å²) in [6, 6.07) is 6.20. The number of Topliss-reactive ketones (excluding diaryl/α,β-unsaturated/α-hetero) is 1. The van der Waals surface area contributed by atoms with Crippen LogP contribution in [0.3, 0.4) is 0 Å². The SMILES string of the molecule is Cc1ccc2c(c1)C(=O)C(CN(C)C)C2.Cl. The van der Waals surface area contributed by atoms with Gasteiger partial charge in [-0.2, -0.15) is 0 Å². The van der Waals surface area contributed by atoms with Crippen LogP contribution in [0.5, 0.6) is 0 Å². The van der Waals surface area contributed by atoms with Gasteiger partial charge in [0.05, 0.1) is 0 Å². The minimum atomic E-state index is 0. The molecule has 0 heterocycles. The molecule has 1 unspecified atom stereocenters. The van der Waals surface area contributed by atoms with E-state index in [0.717, 1.165) is 18.5 Å². The van der Waals surface area contributed by atoms with Crippen LogP contribution >= 0.6 is 12.4 Å². The average molecular weight is 240 g/mol. The number of rotatable bonds is 2. The van der Waals surface area contributed by atoms with Crippen molar-refractivity contribution in [2.45, 2.75) is 13.3 Å².